The Morgan fingerprint density at radius 3 is 2.51 bits per heavy atom. The molecule has 2 atom stereocenters. The molecule has 3 N–H and O–H groups in total. The van der Waals surface area contributed by atoms with Gasteiger partial charge in [0.15, 0.2) is 17.1 Å². The van der Waals surface area contributed by atoms with Crippen molar-refractivity contribution in [3.63, 3.8) is 0 Å². The number of benzene rings is 2. The van der Waals surface area contributed by atoms with Crippen molar-refractivity contribution in [2.45, 2.75) is 51.6 Å². The van der Waals surface area contributed by atoms with E-state index in [0.29, 0.717) is 30.6 Å². The van der Waals surface area contributed by atoms with E-state index in [9.17, 15) is 14.4 Å². The minimum Gasteiger partial charge on any atom is -0.493 e. The lowest BCUT2D eigenvalue weighted by molar-refractivity contribution is -0.123. The third-order valence-corrected chi connectivity index (χ3v) is 6.73. The number of furan rings is 1. The molecule has 2 heterocycles. The topological polar surface area (TPSA) is 135 Å². The van der Waals surface area contributed by atoms with Crippen LogP contribution in [-0.2, 0) is 22.4 Å². The number of nitrogens with one attached hydrogen (secondary N) is 3. The summed E-state index contributed by atoms with van der Waals surface area (Å²) in [7, 11) is 1.53. The van der Waals surface area contributed by atoms with Gasteiger partial charge in [0.25, 0.3) is 5.91 Å². The monoisotopic (exact) mass is 583 g/mol. The van der Waals surface area contributed by atoms with Crippen molar-refractivity contribution in [3.8, 4) is 5.75 Å². The van der Waals surface area contributed by atoms with Crippen LogP contribution in [0.2, 0.25) is 0 Å². The number of hydrogen-bond acceptors (Lipinski definition) is 7. The first-order chi connectivity index (χ1) is 20.8. The van der Waals surface area contributed by atoms with Crippen LogP contribution in [0.1, 0.15) is 48.4 Å². The number of fused-ring (bicyclic) bond motifs is 1. The summed E-state index contributed by atoms with van der Waals surface area (Å²) >= 11 is 0. The molecule has 10 nitrogen and oxygen atoms in total. The van der Waals surface area contributed by atoms with E-state index in [1.807, 2.05) is 62.4 Å². The molecule has 4 rings (SSSR count). The van der Waals surface area contributed by atoms with Crippen molar-refractivity contribution in [2.24, 2.45) is 11.0 Å². The van der Waals surface area contributed by atoms with Crippen molar-refractivity contribution >= 4 is 34.9 Å². The van der Waals surface area contributed by atoms with E-state index in [0.717, 1.165) is 16.5 Å². The summed E-state index contributed by atoms with van der Waals surface area (Å²) < 4.78 is 11.1. The fourth-order valence-corrected chi connectivity index (χ4v) is 4.60. The van der Waals surface area contributed by atoms with Crippen molar-refractivity contribution in [3.05, 3.63) is 96.0 Å². The number of pyridine rings is 1. The van der Waals surface area contributed by atoms with Crippen LogP contribution in [0.4, 0.5) is 0 Å². The summed E-state index contributed by atoms with van der Waals surface area (Å²) in [5.74, 6) is -0.446. The SMILES string of the molecule is COc1cccc2cc(C(=O)N[C@@H](CC(C)C)C(=O)N[C@H](/C=N/NC(=O)Cc3cccnc3)CCc3ccccc3)oc12. The Hall–Kier alpha value is -4.99. The molecule has 0 aliphatic rings. The molecule has 0 aliphatic carbocycles. The van der Waals surface area contributed by atoms with E-state index in [4.69, 9.17) is 9.15 Å². The summed E-state index contributed by atoms with van der Waals surface area (Å²) in [6, 6.07) is 19.1. The maximum atomic E-state index is 13.5. The minimum absolute atomic E-state index is 0.0829. The molecule has 4 aromatic rings. The van der Waals surface area contributed by atoms with Crippen LogP contribution in [0.5, 0.6) is 5.75 Å². The van der Waals surface area contributed by atoms with Gasteiger partial charge in [0.1, 0.15) is 6.04 Å². The lowest BCUT2D eigenvalue weighted by Crippen LogP contribution is -2.50. The molecule has 0 radical (unpaired) electrons. The summed E-state index contributed by atoms with van der Waals surface area (Å²) in [6.07, 6.45) is 6.52. The van der Waals surface area contributed by atoms with E-state index in [1.54, 1.807) is 30.6 Å². The first kappa shape index (κ1) is 31.0. The Balaban J connectivity index is 1.45. The van der Waals surface area contributed by atoms with Crippen LogP contribution in [0, 0.1) is 5.92 Å². The summed E-state index contributed by atoms with van der Waals surface area (Å²) in [4.78, 5) is 43.1. The van der Waals surface area contributed by atoms with Crippen molar-refractivity contribution in [1.82, 2.24) is 21.0 Å². The van der Waals surface area contributed by atoms with Gasteiger partial charge in [-0.25, -0.2) is 5.43 Å². The molecule has 0 aliphatic heterocycles. The molecule has 0 saturated heterocycles. The van der Waals surface area contributed by atoms with E-state index < -0.39 is 18.0 Å². The zero-order valence-electron chi connectivity index (χ0n) is 24.6. The zero-order valence-corrected chi connectivity index (χ0v) is 24.6. The Kier molecular flexibility index (Phi) is 11.0. The Bertz CT molecular complexity index is 1540. The van der Waals surface area contributed by atoms with E-state index >= 15 is 0 Å². The molecule has 10 heteroatoms. The number of ether oxygens (including phenoxy) is 1. The number of amides is 3. The number of carbonyl (C=O) groups is 3. The Morgan fingerprint density at radius 1 is 1.00 bits per heavy atom. The lowest BCUT2D eigenvalue weighted by atomic mass is 10.0. The molecule has 43 heavy (non-hydrogen) atoms. The van der Waals surface area contributed by atoms with Crippen molar-refractivity contribution < 1.29 is 23.5 Å². The molecule has 0 bridgehead atoms. The average Bonchev–Trinajstić information content (AvgIpc) is 3.45. The number of carbonyl (C=O) groups excluding carboxylic acids is 3. The van der Waals surface area contributed by atoms with Gasteiger partial charge in [0.2, 0.25) is 11.8 Å². The number of hydrazone groups is 1. The van der Waals surface area contributed by atoms with Gasteiger partial charge in [-0.2, -0.15) is 5.10 Å². The number of rotatable bonds is 14. The highest BCUT2D eigenvalue weighted by molar-refractivity contribution is 5.99. The minimum atomic E-state index is -0.824. The first-order valence-corrected chi connectivity index (χ1v) is 14.2. The van der Waals surface area contributed by atoms with Crippen LogP contribution in [0.15, 0.2) is 88.6 Å². The standard InChI is InChI=1S/C33H37N5O5/c1-22(2)17-27(37-33(41)29-19-25-12-7-13-28(42-3)31(25)43-29)32(40)36-26(15-14-23-9-5-4-6-10-23)21-35-38-30(39)18-24-11-8-16-34-20-24/h4-13,16,19-22,26-27H,14-15,17-18H2,1-3H3,(H,36,40)(H,37,41)(H,38,39)/b35-21+/t26-,27-/m0/s1. The summed E-state index contributed by atoms with van der Waals surface area (Å²) in [6.45, 7) is 3.95. The zero-order chi connectivity index (χ0) is 30.6. The second-order valence-electron chi connectivity index (χ2n) is 10.6. The van der Waals surface area contributed by atoms with Gasteiger partial charge in [-0.1, -0.05) is 62.4 Å². The second-order valence-corrected chi connectivity index (χ2v) is 10.6. The van der Waals surface area contributed by atoms with Crippen molar-refractivity contribution in [1.29, 1.82) is 0 Å². The molecule has 0 fully saturated rings. The fourth-order valence-electron chi connectivity index (χ4n) is 4.60. The average molecular weight is 584 g/mol. The Labute approximate surface area is 250 Å². The van der Waals surface area contributed by atoms with Gasteiger partial charge < -0.3 is 19.8 Å². The van der Waals surface area contributed by atoms with Crippen LogP contribution in [0.3, 0.4) is 0 Å². The summed E-state index contributed by atoms with van der Waals surface area (Å²) in [5, 5.41) is 10.7. The maximum absolute atomic E-state index is 13.5. The van der Waals surface area contributed by atoms with Crippen LogP contribution < -0.4 is 20.8 Å². The van der Waals surface area contributed by atoms with Gasteiger partial charge in [0.05, 0.1) is 19.6 Å². The number of aromatic nitrogens is 1. The molecule has 3 amide bonds. The van der Waals surface area contributed by atoms with Gasteiger partial charge in [-0.3, -0.25) is 19.4 Å². The fraction of sp³-hybridized carbons (Fsp3) is 0.303. The third-order valence-electron chi connectivity index (χ3n) is 6.73. The van der Waals surface area contributed by atoms with Gasteiger partial charge in [0, 0.05) is 24.0 Å². The molecule has 2 aromatic carbocycles. The highest BCUT2D eigenvalue weighted by Gasteiger charge is 2.26. The van der Waals surface area contributed by atoms with Gasteiger partial charge >= 0.3 is 0 Å². The first-order valence-electron chi connectivity index (χ1n) is 14.2. The van der Waals surface area contributed by atoms with E-state index in [1.165, 1.54) is 13.3 Å². The molecular weight excluding hydrogens is 546 g/mol. The predicted octanol–water partition coefficient (Wildman–Crippen LogP) is 4.44. The van der Waals surface area contributed by atoms with E-state index in [-0.39, 0.29) is 29.9 Å². The molecule has 0 unspecified atom stereocenters. The smallest absolute Gasteiger partial charge is 0.287 e. The van der Waals surface area contributed by atoms with Crippen LogP contribution in [0.25, 0.3) is 11.0 Å². The number of hydrogen-bond donors (Lipinski definition) is 3. The van der Waals surface area contributed by atoms with E-state index in [2.05, 4.69) is 26.1 Å². The number of para-hydroxylation sites is 1. The Morgan fingerprint density at radius 2 is 1.79 bits per heavy atom. The maximum Gasteiger partial charge on any atom is 0.287 e. The molecule has 224 valence electrons. The molecule has 2 aromatic heterocycles. The number of nitrogens with zero attached hydrogens (tertiary/aromatic N) is 2. The largest absolute Gasteiger partial charge is 0.493 e. The lowest BCUT2D eigenvalue weighted by Gasteiger charge is -2.22. The molecule has 0 saturated carbocycles. The number of aryl methyl sites for hydroxylation is 1. The highest BCUT2D eigenvalue weighted by atomic mass is 16.5. The second kappa shape index (κ2) is 15.3. The quantitative estimate of drug-likeness (QED) is 0.148. The van der Waals surface area contributed by atoms with Gasteiger partial charge in [-0.15, -0.1) is 0 Å². The highest BCUT2D eigenvalue weighted by Crippen LogP contribution is 2.28. The molecule has 0 spiro atoms. The predicted molar refractivity (Wildman–Crippen MR) is 165 cm³/mol. The van der Waals surface area contributed by atoms with Crippen LogP contribution >= 0.6 is 0 Å². The molecular formula is C33H37N5O5. The van der Waals surface area contributed by atoms with Crippen LogP contribution in [-0.4, -0.2) is 48.1 Å². The normalized spacial score (nSPS) is 12.7. The summed E-state index contributed by atoms with van der Waals surface area (Å²) in [5.41, 5.74) is 4.85. The van der Waals surface area contributed by atoms with Crippen molar-refractivity contribution in [2.75, 3.05) is 7.11 Å². The third kappa shape index (κ3) is 9.26. The number of methoxy groups -OCH3 is 1. The van der Waals surface area contributed by atoms with Gasteiger partial charge in [-0.05, 0) is 54.5 Å².